The molecule has 1 atom stereocenters. The molecule has 4 N–H and O–H groups in total. The number of hydrogen-bond acceptors (Lipinski definition) is 6. The van der Waals surface area contributed by atoms with Crippen molar-refractivity contribution in [2.75, 3.05) is 0 Å². The number of aromatic amines is 1. The normalized spacial score (nSPS) is 11.7. The number of ketones is 1. The largest absolute Gasteiger partial charge is 0.508 e. The van der Waals surface area contributed by atoms with Crippen LogP contribution in [0.4, 0.5) is 5.69 Å². The van der Waals surface area contributed by atoms with E-state index in [4.69, 9.17) is 0 Å². The number of aliphatic carboxylic acids is 1. The van der Waals surface area contributed by atoms with Gasteiger partial charge in [-0.25, -0.2) is 4.79 Å². The fourth-order valence-electron chi connectivity index (χ4n) is 2.82. The van der Waals surface area contributed by atoms with Crippen molar-refractivity contribution < 1.29 is 29.5 Å². The number of non-ortho nitro benzene ring substituents is 1. The summed E-state index contributed by atoms with van der Waals surface area (Å²) in [5.41, 5.74) is 0.605. The highest BCUT2D eigenvalue weighted by Crippen LogP contribution is 2.24. The number of aromatic hydroxyl groups is 1. The Morgan fingerprint density at radius 2 is 1.83 bits per heavy atom. The molecule has 0 saturated carbocycles. The van der Waals surface area contributed by atoms with Crippen LogP contribution in [0.5, 0.6) is 5.75 Å². The lowest BCUT2D eigenvalue weighted by atomic mass is 10.0. The average molecular weight is 397 g/mol. The summed E-state index contributed by atoms with van der Waals surface area (Å²) in [6.45, 7) is 0. The van der Waals surface area contributed by atoms with Gasteiger partial charge in [-0.05, 0) is 23.8 Å². The summed E-state index contributed by atoms with van der Waals surface area (Å²) >= 11 is 0. The first-order valence-electron chi connectivity index (χ1n) is 8.37. The summed E-state index contributed by atoms with van der Waals surface area (Å²) in [5, 5.41) is 32.0. The molecule has 2 aromatic carbocycles. The maximum absolute atomic E-state index is 12.5. The molecule has 0 fully saturated rings. The highest BCUT2D eigenvalue weighted by molar-refractivity contribution is 6.45. The van der Waals surface area contributed by atoms with Crippen molar-refractivity contribution in [3.05, 3.63) is 69.9 Å². The van der Waals surface area contributed by atoms with Crippen LogP contribution in [-0.2, 0) is 16.0 Å². The van der Waals surface area contributed by atoms with Crippen molar-refractivity contribution in [1.29, 1.82) is 0 Å². The second-order valence-corrected chi connectivity index (χ2v) is 6.25. The van der Waals surface area contributed by atoms with E-state index >= 15 is 0 Å². The minimum Gasteiger partial charge on any atom is -0.508 e. The molecule has 0 aliphatic carbocycles. The Kier molecular flexibility index (Phi) is 5.26. The van der Waals surface area contributed by atoms with Gasteiger partial charge >= 0.3 is 5.97 Å². The number of carbonyl (C=O) groups excluding carboxylic acids is 2. The molecule has 0 unspecified atom stereocenters. The van der Waals surface area contributed by atoms with Gasteiger partial charge in [0.15, 0.2) is 0 Å². The maximum Gasteiger partial charge on any atom is 0.326 e. The topological polar surface area (TPSA) is 163 Å². The molecule has 10 heteroatoms. The second kappa shape index (κ2) is 7.80. The molecular weight excluding hydrogens is 382 g/mol. The molecule has 1 heterocycles. The van der Waals surface area contributed by atoms with E-state index in [9.17, 15) is 34.7 Å². The van der Waals surface area contributed by atoms with Crippen LogP contribution >= 0.6 is 0 Å². The fraction of sp³-hybridized carbons (Fsp3) is 0.105. The molecule has 1 amide bonds. The molecule has 3 rings (SSSR count). The lowest BCUT2D eigenvalue weighted by Crippen LogP contribution is -2.45. The van der Waals surface area contributed by atoms with Crippen LogP contribution in [0.2, 0.25) is 0 Å². The van der Waals surface area contributed by atoms with Gasteiger partial charge in [0.05, 0.1) is 10.5 Å². The number of phenols is 1. The average Bonchev–Trinajstić information content (AvgIpc) is 3.11. The van der Waals surface area contributed by atoms with Gasteiger partial charge in [0.1, 0.15) is 11.8 Å². The van der Waals surface area contributed by atoms with Crippen molar-refractivity contribution in [2.45, 2.75) is 12.5 Å². The van der Waals surface area contributed by atoms with Crippen molar-refractivity contribution in [1.82, 2.24) is 10.3 Å². The Hall–Kier alpha value is -4.21. The Labute approximate surface area is 162 Å². The van der Waals surface area contributed by atoms with Gasteiger partial charge < -0.3 is 20.5 Å². The number of hydrogen-bond donors (Lipinski definition) is 4. The zero-order valence-corrected chi connectivity index (χ0v) is 14.8. The van der Waals surface area contributed by atoms with Crippen molar-refractivity contribution in [3.63, 3.8) is 0 Å². The molecule has 0 aliphatic heterocycles. The summed E-state index contributed by atoms with van der Waals surface area (Å²) in [6.07, 6.45) is 1.14. The molecule has 1 aromatic heterocycles. The summed E-state index contributed by atoms with van der Waals surface area (Å²) < 4.78 is 0. The number of nitro groups is 1. The summed E-state index contributed by atoms with van der Waals surface area (Å²) in [5.74, 6) is -3.50. The number of nitro benzene ring substituents is 1. The molecule has 0 bridgehead atoms. The number of phenolic OH excluding ortho intramolecular Hbond substituents is 1. The van der Waals surface area contributed by atoms with E-state index in [1.54, 1.807) is 0 Å². The Balaban J connectivity index is 1.81. The van der Waals surface area contributed by atoms with Gasteiger partial charge in [-0.1, -0.05) is 12.1 Å². The maximum atomic E-state index is 12.5. The van der Waals surface area contributed by atoms with E-state index in [1.165, 1.54) is 42.6 Å². The Morgan fingerprint density at radius 3 is 2.45 bits per heavy atom. The number of benzene rings is 2. The van der Waals surface area contributed by atoms with Gasteiger partial charge in [-0.2, -0.15) is 0 Å². The van der Waals surface area contributed by atoms with Crippen LogP contribution in [0.25, 0.3) is 10.9 Å². The molecule has 0 spiro atoms. The lowest BCUT2D eigenvalue weighted by Gasteiger charge is -2.14. The third kappa shape index (κ3) is 4.21. The molecular formula is C19H15N3O7. The van der Waals surface area contributed by atoms with Gasteiger partial charge in [-0.15, -0.1) is 0 Å². The number of nitrogens with zero attached hydrogens (tertiary/aromatic N) is 1. The number of carboxylic acids is 1. The number of H-pyrrole nitrogens is 1. The van der Waals surface area contributed by atoms with Crippen LogP contribution in [0.15, 0.2) is 48.7 Å². The number of nitrogens with one attached hydrogen (secondary N) is 2. The molecule has 29 heavy (non-hydrogen) atoms. The van der Waals surface area contributed by atoms with E-state index in [2.05, 4.69) is 10.3 Å². The number of fused-ring (bicyclic) bond motifs is 1. The van der Waals surface area contributed by atoms with Crippen LogP contribution in [0, 0.1) is 10.1 Å². The molecule has 148 valence electrons. The van der Waals surface area contributed by atoms with Crippen LogP contribution in [0.3, 0.4) is 0 Å². The number of Topliss-reactive ketones (excluding diaryl/α,β-unsaturated/α-hetero) is 1. The van der Waals surface area contributed by atoms with Crippen molar-refractivity contribution in [3.8, 4) is 5.75 Å². The van der Waals surface area contributed by atoms with Crippen LogP contribution in [0.1, 0.15) is 15.9 Å². The van der Waals surface area contributed by atoms with Gasteiger partial charge in [0.25, 0.3) is 17.4 Å². The Morgan fingerprint density at radius 1 is 1.14 bits per heavy atom. The molecule has 3 aromatic rings. The van der Waals surface area contributed by atoms with E-state index in [1.807, 2.05) is 0 Å². The van der Waals surface area contributed by atoms with E-state index < -0.39 is 28.6 Å². The lowest BCUT2D eigenvalue weighted by molar-refractivity contribution is -0.384. The summed E-state index contributed by atoms with van der Waals surface area (Å²) in [4.78, 5) is 49.4. The van der Waals surface area contributed by atoms with Gasteiger partial charge in [-0.3, -0.25) is 19.7 Å². The van der Waals surface area contributed by atoms with Crippen molar-refractivity contribution in [2.24, 2.45) is 0 Å². The number of carbonyl (C=O) groups is 3. The van der Waals surface area contributed by atoms with Crippen molar-refractivity contribution >= 4 is 34.3 Å². The number of carboxylic acid groups (broad SMARTS) is 1. The number of rotatable bonds is 7. The summed E-state index contributed by atoms with van der Waals surface area (Å²) in [7, 11) is 0. The molecule has 0 radical (unpaired) electrons. The predicted molar refractivity (Wildman–Crippen MR) is 101 cm³/mol. The van der Waals surface area contributed by atoms with Gasteiger partial charge in [0, 0.05) is 35.7 Å². The first-order valence-corrected chi connectivity index (χ1v) is 8.37. The predicted octanol–water partition coefficient (Wildman–Crippen LogP) is 1.78. The fourth-order valence-corrected chi connectivity index (χ4v) is 2.82. The first-order chi connectivity index (χ1) is 13.8. The first kappa shape index (κ1) is 19.5. The minimum absolute atomic E-state index is 0.00766. The number of amides is 1. The second-order valence-electron chi connectivity index (χ2n) is 6.25. The third-order valence-corrected chi connectivity index (χ3v) is 4.31. The Bertz CT molecular complexity index is 1120. The zero-order chi connectivity index (χ0) is 21.1. The van der Waals surface area contributed by atoms with Crippen LogP contribution in [-0.4, -0.2) is 43.8 Å². The smallest absolute Gasteiger partial charge is 0.326 e. The SMILES string of the molecule is O=C(N[C@H](Cc1ccc(O)cc1)C(=O)O)C(=O)c1c[nH]c2ccc([N+](=O)[O-])cc12. The van der Waals surface area contributed by atoms with E-state index in [0.29, 0.717) is 11.1 Å². The standard InChI is InChI=1S/C19H15N3O7/c23-12-4-1-10(2-5-12)7-16(19(26)27)21-18(25)17(24)14-9-20-15-6-3-11(22(28)29)8-13(14)15/h1-6,8-9,16,20,23H,7H2,(H,21,25)(H,26,27)/t16-/m1/s1. The van der Waals surface area contributed by atoms with E-state index in [-0.39, 0.29) is 28.8 Å². The van der Waals surface area contributed by atoms with E-state index in [0.717, 1.165) is 6.07 Å². The summed E-state index contributed by atoms with van der Waals surface area (Å²) in [6, 6.07) is 8.20. The quantitative estimate of drug-likeness (QED) is 0.204. The minimum atomic E-state index is -1.38. The monoisotopic (exact) mass is 397 g/mol. The molecule has 0 saturated heterocycles. The van der Waals surface area contributed by atoms with Gasteiger partial charge in [0.2, 0.25) is 0 Å². The third-order valence-electron chi connectivity index (χ3n) is 4.31. The van der Waals surface area contributed by atoms with Crippen LogP contribution < -0.4 is 5.32 Å². The molecule has 10 nitrogen and oxygen atoms in total. The zero-order valence-electron chi connectivity index (χ0n) is 14.8. The molecule has 0 aliphatic rings. The number of aromatic nitrogens is 1. The highest BCUT2D eigenvalue weighted by Gasteiger charge is 2.27. The highest BCUT2D eigenvalue weighted by atomic mass is 16.6.